The van der Waals surface area contributed by atoms with Crippen LogP contribution in [0.25, 0.3) is 0 Å². The predicted molar refractivity (Wildman–Crippen MR) is 69.8 cm³/mol. The van der Waals surface area contributed by atoms with E-state index in [0.717, 1.165) is 22.2 Å². The maximum absolute atomic E-state index is 12.7. The van der Waals surface area contributed by atoms with E-state index in [4.69, 9.17) is 4.74 Å². The van der Waals surface area contributed by atoms with E-state index in [0.29, 0.717) is 6.61 Å². The summed E-state index contributed by atoms with van der Waals surface area (Å²) in [5.74, 6) is 0.628. The Morgan fingerprint density at radius 2 is 1.71 bits per heavy atom. The minimum absolute atomic E-state index is 0.227. The van der Waals surface area contributed by atoms with Crippen LogP contribution >= 0.6 is 15.9 Å². The average molecular weight is 295 g/mol. The van der Waals surface area contributed by atoms with Crippen molar-refractivity contribution in [2.75, 3.05) is 0 Å². The van der Waals surface area contributed by atoms with Gasteiger partial charge in [0.1, 0.15) is 18.2 Å². The van der Waals surface area contributed by atoms with Gasteiger partial charge in [-0.3, -0.25) is 0 Å². The molecule has 0 fully saturated rings. The number of hydrogen-bond acceptors (Lipinski definition) is 1. The molecule has 0 unspecified atom stereocenters. The quantitative estimate of drug-likeness (QED) is 0.764. The third-order valence-corrected chi connectivity index (χ3v) is 3.03. The molecular weight excluding hydrogens is 283 g/mol. The highest BCUT2D eigenvalue weighted by molar-refractivity contribution is 9.08. The molecule has 0 spiro atoms. The minimum Gasteiger partial charge on any atom is -0.489 e. The van der Waals surface area contributed by atoms with Crippen LogP contribution in [0.2, 0.25) is 0 Å². The van der Waals surface area contributed by atoms with Gasteiger partial charge in [-0.15, -0.1) is 0 Å². The molecule has 0 atom stereocenters. The van der Waals surface area contributed by atoms with Gasteiger partial charge in [0.15, 0.2) is 0 Å². The van der Waals surface area contributed by atoms with E-state index in [2.05, 4.69) is 15.9 Å². The van der Waals surface area contributed by atoms with Gasteiger partial charge in [-0.05, 0) is 23.8 Å². The Labute approximate surface area is 108 Å². The second kappa shape index (κ2) is 5.82. The highest BCUT2D eigenvalue weighted by Crippen LogP contribution is 2.21. The second-order valence-corrected chi connectivity index (χ2v) is 4.22. The Morgan fingerprint density at radius 1 is 1.00 bits per heavy atom. The van der Waals surface area contributed by atoms with E-state index in [1.165, 1.54) is 12.1 Å². The minimum atomic E-state index is -0.227. The molecule has 0 saturated carbocycles. The molecule has 0 bridgehead atoms. The fourth-order valence-corrected chi connectivity index (χ4v) is 1.96. The van der Waals surface area contributed by atoms with Crippen LogP contribution in [0.5, 0.6) is 5.75 Å². The zero-order chi connectivity index (χ0) is 12.1. The molecule has 2 rings (SSSR count). The summed E-state index contributed by atoms with van der Waals surface area (Å²) in [5, 5.41) is 0.757. The smallest absolute Gasteiger partial charge is 0.123 e. The topological polar surface area (TPSA) is 9.23 Å². The molecule has 88 valence electrons. The van der Waals surface area contributed by atoms with Crippen molar-refractivity contribution in [2.45, 2.75) is 11.9 Å². The highest BCUT2D eigenvalue weighted by Gasteiger charge is 2.01. The predicted octanol–water partition coefficient (Wildman–Crippen LogP) is 4.30. The van der Waals surface area contributed by atoms with E-state index in [9.17, 15) is 4.39 Å². The molecule has 3 heteroatoms. The normalized spacial score (nSPS) is 10.2. The first-order valence-corrected chi connectivity index (χ1v) is 6.43. The number of halogens is 2. The summed E-state index contributed by atoms with van der Waals surface area (Å²) in [6.07, 6.45) is 0. The molecule has 0 heterocycles. The number of alkyl halides is 1. The zero-order valence-corrected chi connectivity index (χ0v) is 10.8. The summed E-state index contributed by atoms with van der Waals surface area (Å²) in [4.78, 5) is 0. The second-order valence-electron chi connectivity index (χ2n) is 3.66. The first kappa shape index (κ1) is 12.1. The van der Waals surface area contributed by atoms with Gasteiger partial charge in [-0.25, -0.2) is 4.39 Å². The van der Waals surface area contributed by atoms with Crippen molar-refractivity contribution in [3.63, 3.8) is 0 Å². The largest absolute Gasteiger partial charge is 0.489 e. The summed E-state index contributed by atoms with van der Waals surface area (Å²) < 4.78 is 18.4. The van der Waals surface area contributed by atoms with Crippen LogP contribution in [-0.2, 0) is 11.9 Å². The summed E-state index contributed by atoms with van der Waals surface area (Å²) in [6, 6.07) is 14.2. The Hall–Kier alpha value is -1.35. The molecule has 1 nitrogen and oxygen atoms in total. The number of benzene rings is 2. The summed E-state index contributed by atoms with van der Waals surface area (Å²) in [5.41, 5.74) is 2.06. The van der Waals surface area contributed by atoms with Crippen LogP contribution in [0.1, 0.15) is 11.1 Å². The Balaban J connectivity index is 2.04. The Bertz CT molecular complexity index is 482. The van der Waals surface area contributed by atoms with Gasteiger partial charge in [-0.2, -0.15) is 0 Å². The first-order chi connectivity index (χ1) is 8.29. The van der Waals surface area contributed by atoms with Gasteiger partial charge in [-0.1, -0.05) is 46.3 Å². The van der Waals surface area contributed by atoms with Crippen molar-refractivity contribution in [3.05, 3.63) is 65.5 Å². The van der Waals surface area contributed by atoms with Crippen LogP contribution in [-0.4, -0.2) is 0 Å². The maximum Gasteiger partial charge on any atom is 0.123 e. The van der Waals surface area contributed by atoms with Gasteiger partial charge in [0.05, 0.1) is 0 Å². The summed E-state index contributed by atoms with van der Waals surface area (Å²) >= 11 is 3.41. The van der Waals surface area contributed by atoms with Crippen LogP contribution in [0.15, 0.2) is 48.5 Å². The average Bonchev–Trinajstić information content (AvgIpc) is 2.38. The van der Waals surface area contributed by atoms with Crippen molar-refractivity contribution < 1.29 is 9.13 Å². The molecule has 2 aromatic carbocycles. The van der Waals surface area contributed by atoms with E-state index < -0.39 is 0 Å². The molecule has 0 aliphatic rings. The SMILES string of the molecule is Fc1ccc(COc2ccccc2CBr)cc1. The van der Waals surface area contributed by atoms with Crippen molar-refractivity contribution >= 4 is 15.9 Å². The Kier molecular flexibility index (Phi) is 4.15. The van der Waals surface area contributed by atoms with Crippen molar-refractivity contribution in [1.29, 1.82) is 0 Å². The molecule has 0 aromatic heterocycles. The number of ether oxygens (including phenoxy) is 1. The van der Waals surface area contributed by atoms with E-state index in [-0.39, 0.29) is 5.82 Å². The lowest BCUT2D eigenvalue weighted by Crippen LogP contribution is -1.97. The number of para-hydroxylation sites is 1. The lowest BCUT2D eigenvalue weighted by atomic mass is 10.2. The first-order valence-electron chi connectivity index (χ1n) is 5.30. The van der Waals surface area contributed by atoms with Crippen molar-refractivity contribution in [1.82, 2.24) is 0 Å². The summed E-state index contributed by atoms with van der Waals surface area (Å²) in [6.45, 7) is 0.449. The molecule has 2 aromatic rings. The van der Waals surface area contributed by atoms with Crippen molar-refractivity contribution in [3.8, 4) is 5.75 Å². The molecule has 0 aliphatic carbocycles. The monoisotopic (exact) mass is 294 g/mol. The highest BCUT2D eigenvalue weighted by atomic mass is 79.9. The third-order valence-electron chi connectivity index (χ3n) is 2.42. The van der Waals surface area contributed by atoms with Gasteiger partial charge in [0.25, 0.3) is 0 Å². The van der Waals surface area contributed by atoms with Gasteiger partial charge in [0, 0.05) is 10.9 Å². The molecule has 0 N–H and O–H groups in total. The fourth-order valence-electron chi connectivity index (χ4n) is 1.50. The van der Waals surface area contributed by atoms with E-state index in [1.807, 2.05) is 24.3 Å². The van der Waals surface area contributed by atoms with Gasteiger partial charge >= 0.3 is 0 Å². The lowest BCUT2D eigenvalue weighted by Gasteiger charge is -2.09. The van der Waals surface area contributed by atoms with Crippen molar-refractivity contribution in [2.24, 2.45) is 0 Å². The van der Waals surface area contributed by atoms with Crippen LogP contribution in [0.4, 0.5) is 4.39 Å². The van der Waals surface area contributed by atoms with E-state index >= 15 is 0 Å². The number of rotatable bonds is 4. The third kappa shape index (κ3) is 3.30. The van der Waals surface area contributed by atoms with E-state index in [1.54, 1.807) is 12.1 Å². The Morgan fingerprint density at radius 3 is 2.41 bits per heavy atom. The molecule has 0 aliphatic heterocycles. The standard InChI is InChI=1S/C14H12BrFO/c15-9-12-3-1-2-4-14(12)17-10-11-5-7-13(16)8-6-11/h1-8H,9-10H2. The molecule has 0 saturated heterocycles. The summed E-state index contributed by atoms with van der Waals surface area (Å²) in [7, 11) is 0. The zero-order valence-electron chi connectivity index (χ0n) is 9.20. The fraction of sp³-hybridized carbons (Fsp3) is 0.143. The van der Waals surface area contributed by atoms with Crippen LogP contribution in [0, 0.1) is 5.82 Å². The van der Waals surface area contributed by atoms with Gasteiger partial charge in [0.2, 0.25) is 0 Å². The van der Waals surface area contributed by atoms with Crippen LogP contribution in [0.3, 0.4) is 0 Å². The number of hydrogen-bond donors (Lipinski definition) is 0. The molecule has 0 radical (unpaired) electrons. The molecular formula is C14H12BrFO. The molecule has 17 heavy (non-hydrogen) atoms. The van der Waals surface area contributed by atoms with Gasteiger partial charge < -0.3 is 4.74 Å². The maximum atomic E-state index is 12.7. The lowest BCUT2D eigenvalue weighted by molar-refractivity contribution is 0.304. The molecule has 0 amide bonds. The van der Waals surface area contributed by atoms with Crippen LogP contribution < -0.4 is 4.74 Å².